The summed E-state index contributed by atoms with van der Waals surface area (Å²) < 4.78 is 32.5. The van der Waals surface area contributed by atoms with E-state index in [0.29, 0.717) is 6.92 Å². The summed E-state index contributed by atoms with van der Waals surface area (Å²) in [4.78, 5) is 49.6. The summed E-state index contributed by atoms with van der Waals surface area (Å²) in [6, 6.07) is 0. The zero-order chi connectivity index (χ0) is 13.4. The Kier molecular flexibility index (Phi) is 4.74. The highest BCUT2D eigenvalue weighted by molar-refractivity contribution is 7.72. The Hall–Kier alpha value is 0.450. The van der Waals surface area contributed by atoms with Crippen molar-refractivity contribution in [3.63, 3.8) is 0 Å². The molecule has 0 aromatic carbocycles. The largest absolute Gasteiger partial charge is 0.343 e. The molecule has 0 radical (unpaired) electrons. The molecular formula is C4H13O9P3. The Balaban J connectivity index is 5.24. The molecule has 9 nitrogen and oxygen atoms in total. The minimum atomic E-state index is -5.20. The van der Waals surface area contributed by atoms with Crippen molar-refractivity contribution >= 4 is 22.8 Å². The quantitative estimate of drug-likeness (QED) is 0.370. The minimum absolute atomic E-state index is 0.601. The van der Waals surface area contributed by atoms with E-state index in [1.165, 1.54) is 0 Å². The average molecular weight is 298 g/mol. The second-order valence-electron chi connectivity index (χ2n) is 3.44. The van der Waals surface area contributed by atoms with Crippen LogP contribution in [0.2, 0.25) is 0 Å². The van der Waals surface area contributed by atoms with Crippen LogP contribution in [0.4, 0.5) is 0 Å². The van der Waals surface area contributed by atoms with Gasteiger partial charge < -0.3 is 29.4 Å². The molecule has 0 spiro atoms. The van der Waals surface area contributed by atoms with E-state index < -0.39 is 40.3 Å². The molecule has 0 atom stereocenters. The van der Waals surface area contributed by atoms with E-state index in [-0.39, 0.29) is 0 Å². The van der Waals surface area contributed by atoms with Crippen molar-refractivity contribution in [2.24, 2.45) is 0 Å². The minimum Gasteiger partial charge on any atom is -0.324 e. The molecule has 0 aliphatic heterocycles. The second kappa shape index (κ2) is 4.61. The topological polar surface area (TPSA) is 173 Å². The van der Waals surface area contributed by atoms with Crippen molar-refractivity contribution in [2.45, 2.75) is 18.2 Å². The van der Waals surface area contributed by atoms with Crippen LogP contribution in [-0.2, 0) is 13.7 Å². The number of rotatable bonds is 5. The van der Waals surface area contributed by atoms with Gasteiger partial charge in [0.1, 0.15) is 0 Å². The van der Waals surface area contributed by atoms with Crippen LogP contribution in [0.25, 0.3) is 0 Å². The van der Waals surface area contributed by atoms with E-state index in [1.54, 1.807) is 0 Å². The summed E-state index contributed by atoms with van der Waals surface area (Å²) in [5.74, 6) is 0. The summed E-state index contributed by atoms with van der Waals surface area (Å²) in [6.07, 6.45) is -1.99. The molecule has 0 aromatic rings. The lowest BCUT2D eigenvalue weighted by Crippen LogP contribution is -2.26. The Morgan fingerprint density at radius 3 is 1.38 bits per heavy atom. The highest BCUT2D eigenvalue weighted by atomic mass is 31.2. The molecule has 16 heavy (non-hydrogen) atoms. The zero-order valence-corrected chi connectivity index (χ0v) is 10.8. The normalized spacial score (nSPS) is 15.2. The van der Waals surface area contributed by atoms with Crippen LogP contribution in [-0.4, -0.2) is 40.4 Å². The van der Waals surface area contributed by atoms with Crippen LogP contribution in [0.15, 0.2) is 0 Å². The maximum atomic E-state index is 11.0. The van der Waals surface area contributed by atoms with E-state index in [1.807, 2.05) is 0 Å². The van der Waals surface area contributed by atoms with Gasteiger partial charge in [-0.2, -0.15) is 0 Å². The molecule has 0 bridgehead atoms. The van der Waals surface area contributed by atoms with Gasteiger partial charge in [-0.3, -0.25) is 13.7 Å². The average Bonchev–Trinajstić information content (AvgIpc) is 1.93. The summed E-state index contributed by atoms with van der Waals surface area (Å²) >= 11 is 0. The van der Waals surface area contributed by atoms with Gasteiger partial charge in [0, 0.05) is 0 Å². The van der Waals surface area contributed by atoms with Gasteiger partial charge in [0.2, 0.25) is 0 Å². The third kappa shape index (κ3) is 4.04. The predicted molar refractivity (Wildman–Crippen MR) is 54.0 cm³/mol. The van der Waals surface area contributed by atoms with Crippen LogP contribution in [0.1, 0.15) is 13.3 Å². The van der Waals surface area contributed by atoms with E-state index >= 15 is 0 Å². The molecule has 6 N–H and O–H groups in total. The first-order valence-electron chi connectivity index (χ1n) is 3.86. The lowest BCUT2D eigenvalue weighted by atomic mass is 10.4. The molecule has 98 valence electrons. The van der Waals surface area contributed by atoms with Gasteiger partial charge in [-0.25, -0.2) is 0 Å². The van der Waals surface area contributed by atoms with E-state index in [0.717, 1.165) is 0 Å². The molecular weight excluding hydrogens is 285 g/mol. The summed E-state index contributed by atoms with van der Waals surface area (Å²) in [5.41, 5.74) is 0. The van der Waals surface area contributed by atoms with Gasteiger partial charge in [0.25, 0.3) is 0 Å². The van der Waals surface area contributed by atoms with Crippen LogP contribution >= 0.6 is 22.8 Å². The summed E-state index contributed by atoms with van der Waals surface area (Å²) in [7, 11) is -15.0. The SMILES string of the molecule is CC(CCP(=O)(O)O)(P(=O)(O)O)P(=O)(O)O. The first kappa shape index (κ1) is 16.4. The maximum Gasteiger partial charge on any atom is 0.343 e. The van der Waals surface area contributed by atoms with Crippen LogP contribution in [0.5, 0.6) is 0 Å². The summed E-state index contributed by atoms with van der Waals surface area (Å²) in [6.45, 7) is 0.601. The van der Waals surface area contributed by atoms with Crippen LogP contribution in [0.3, 0.4) is 0 Å². The molecule has 0 saturated carbocycles. The third-order valence-corrected chi connectivity index (χ3v) is 7.46. The van der Waals surface area contributed by atoms with E-state index in [2.05, 4.69) is 0 Å². The summed E-state index contributed by atoms with van der Waals surface area (Å²) in [5, 5.41) is 0. The van der Waals surface area contributed by atoms with Crippen molar-refractivity contribution in [1.82, 2.24) is 0 Å². The van der Waals surface area contributed by atoms with Crippen molar-refractivity contribution in [2.75, 3.05) is 6.16 Å². The monoisotopic (exact) mass is 298 g/mol. The molecule has 0 amide bonds. The van der Waals surface area contributed by atoms with Crippen molar-refractivity contribution in [1.29, 1.82) is 0 Å². The van der Waals surface area contributed by atoms with Gasteiger partial charge in [-0.15, -0.1) is 0 Å². The Morgan fingerprint density at radius 2 is 1.19 bits per heavy atom. The van der Waals surface area contributed by atoms with Crippen LogP contribution < -0.4 is 0 Å². The fraction of sp³-hybridized carbons (Fsp3) is 1.00. The molecule has 0 fully saturated rings. The molecule has 0 rings (SSSR count). The molecule has 12 heteroatoms. The van der Waals surface area contributed by atoms with Crippen LogP contribution in [0, 0.1) is 0 Å². The molecule has 0 unspecified atom stereocenters. The van der Waals surface area contributed by atoms with E-state index in [4.69, 9.17) is 29.4 Å². The Morgan fingerprint density at radius 1 is 0.875 bits per heavy atom. The molecule has 0 aliphatic carbocycles. The third-order valence-electron chi connectivity index (χ3n) is 2.13. The van der Waals surface area contributed by atoms with Gasteiger partial charge in [0.05, 0.1) is 6.16 Å². The maximum absolute atomic E-state index is 11.0. The lowest BCUT2D eigenvalue weighted by Gasteiger charge is -2.30. The molecule has 0 aliphatic rings. The van der Waals surface area contributed by atoms with Gasteiger partial charge in [-0.1, -0.05) is 0 Å². The van der Waals surface area contributed by atoms with Crippen molar-refractivity contribution in [3.05, 3.63) is 0 Å². The fourth-order valence-electron chi connectivity index (χ4n) is 0.818. The highest BCUT2D eigenvalue weighted by Crippen LogP contribution is 2.71. The molecule has 0 saturated heterocycles. The first-order valence-corrected chi connectivity index (χ1v) is 8.89. The van der Waals surface area contributed by atoms with E-state index in [9.17, 15) is 13.7 Å². The smallest absolute Gasteiger partial charge is 0.324 e. The molecule has 0 aromatic heterocycles. The zero-order valence-electron chi connectivity index (χ0n) is 8.16. The van der Waals surface area contributed by atoms with Gasteiger partial charge >= 0.3 is 22.8 Å². The van der Waals surface area contributed by atoms with Crippen molar-refractivity contribution < 1.29 is 43.1 Å². The van der Waals surface area contributed by atoms with Crippen molar-refractivity contribution in [3.8, 4) is 0 Å². The lowest BCUT2D eigenvalue weighted by molar-refractivity contribution is 0.308. The first-order chi connectivity index (χ1) is 6.71. The Bertz CT molecular complexity index is 362. The molecule has 0 heterocycles. The highest BCUT2D eigenvalue weighted by Gasteiger charge is 2.56. The second-order valence-corrected chi connectivity index (χ2v) is 9.72. The van der Waals surface area contributed by atoms with Gasteiger partial charge in [0.15, 0.2) is 4.90 Å². The number of hydrogen-bond acceptors (Lipinski definition) is 3. The van der Waals surface area contributed by atoms with Gasteiger partial charge in [-0.05, 0) is 13.3 Å². The standard InChI is InChI=1S/C4H13O9P3/c1-4(15(8,9)10,16(11,12)13)2-3-14(5,6)7/h2-3H2,1H3,(H2,5,6,7)(H2,8,9,10)(H2,11,12,13). The number of hydrogen-bond donors (Lipinski definition) is 6. The predicted octanol–water partition coefficient (Wildman–Crippen LogP) is -0.374. The Labute approximate surface area is 91.0 Å². The fourth-order valence-corrected chi connectivity index (χ4v) is 4.07.